The van der Waals surface area contributed by atoms with E-state index in [0.717, 1.165) is 28.6 Å². The highest BCUT2D eigenvalue weighted by Gasteiger charge is 2.37. The number of nitrogens with one attached hydrogen (secondary N) is 2. The van der Waals surface area contributed by atoms with Gasteiger partial charge in [-0.1, -0.05) is 32.9 Å². The molecule has 2 heterocycles. The summed E-state index contributed by atoms with van der Waals surface area (Å²) in [5, 5.41) is 6.95. The third-order valence-corrected chi connectivity index (χ3v) is 12.2. The van der Waals surface area contributed by atoms with E-state index in [9.17, 15) is 14.0 Å². The monoisotopic (exact) mass is 521 g/mol. The van der Waals surface area contributed by atoms with Crippen molar-refractivity contribution < 1.29 is 18.4 Å². The summed E-state index contributed by atoms with van der Waals surface area (Å²) in [6, 6.07) is 12.1. The van der Waals surface area contributed by atoms with Crippen LogP contribution in [0.1, 0.15) is 44.2 Å². The fraction of sp³-hybridized carbons (Fsp3) is 0.379. The van der Waals surface area contributed by atoms with E-state index in [-0.39, 0.29) is 29.1 Å². The predicted molar refractivity (Wildman–Crippen MR) is 148 cm³/mol. The zero-order valence-corrected chi connectivity index (χ0v) is 23.4. The molecule has 2 N–H and O–H groups in total. The van der Waals surface area contributed by atoms with Gasteiger partial charge in [-0.3, -0.25) is 9.59 Å². The lowest BCUT2D eigenvalue weighted by atomic mass is 9.86. The lowest BCUT2D eigenvalue weighted by Crippen LogP contribution is -2.41. The number of anilines is 1. The first-order valence-electron chi connectivity index (χ1n) is 12.7. The summed E-state index contributed by atoms with van der Waals surface area (Å²) in [5.41, 5.74) is 3.82. The fourth-order valence-corrected chi connectivity index (χ4v) is 5.36. The minimum absolute atomic E-state index is 0.125. The topological polar surface area (TPSA) is 72.4 Å². The fourth-order valence-electron chi connectivity index (χ4n) is 4.32. The molecule has 0 saturated heterocycles. The van der Waals surface area contributed by atoms with Crippen LogP contribution in [0.5, 0.6) is 0 Å². The van der Waals surface area contributed by atoms with Gasteiger partial charge in [0.15, 0.2) is 8.32 Å². The number of aromatic nitrogens is 1. The van der Waals surface area contributed by atoms with Gasteiger partial charge in [-0.25, -0.2) is 4.39 Å². The second-order valence-corrected chi connectivity index (χ2v) is 16.1. The van der Waals surface area contributed by atoms with Crippen molar-refractivity contribution >= 4 is 36.7 Å². The van der Waals surface area contributed by atoms with Crippen LogP contribution < -0.4 is 10.6 Å². The summed E-state index contributed by atoms with van der Waals surface area (Å²) in [4.78, 5) is 25.5. The van der Waals surface area contributed by atoms with E-state index in [2.05, 4.69) is 67.4 Å². The van der Waals surface area contributed by atoms with Crippen LogP contribution in [-0.2, 0) is 20.6 Å². The minimum Gasteiger partial charge on any atom is -0.415 e. The van der Waals surface area contributed by atoms with Gasteiger partial charge in [-0.05, 0) is 71.9 Å². The highest BCUT2D eigenvalue weighted by Crippen LogP contribution is 2.37. The number of hydrogen-bond acceptors (Lipinski definition) is 3. The molecule has 2 amide bonds. The van der Waals surface area contributed by atoms with E-state index in [1.54, 1.807) is 12.1 Å². The van der Waals surface area contributed by atoms with E-state index < -0.39 is 14.2 Å². The van der Waals surface area contributed by atoms with Gasteiger partial charge < -0.3 is 19.6 Å². The minimum atomic E-state index is -1.84. The summed E-state index contributed by atoms with van der Waals surface area (Å²) in [6.45, 7) is 14.5. The average Bonchev–Trinajstić information content (AvgIpc) is 3.20. The van der Waals surface area contributed by atoms with Crippen molar-refractivity contribution in [3.05, 3.63) is 77.4 Å². The molecule has 37 heavy (non-hydrogen) atoms. The number of nitrogens with zero attached hydrogens (tertiary/aromatic N) is 1. The molecular weight excluding hydrogens is 485 g/mol. The summed E-state index contributed by atoms with van der Waals surface area (Å²) in [6.07, 6.45) is 3.64. The summed E-state index contributed by atoms with van der Waals surface area (Å²) in [5.74, 6) is -1.28. The van der Waals surface area contributed by atoms with Gasteiger partial charge in [-0.15, -0.1) is 0 Å². The first kappa shape index (κ1) is 26.8. The Bertz CT molecular complexity index is 1350. The van der Waals surface area contributed by atoms with Crippen molar-refractivity contribution in [1.29, 1.82) is 0 Å². The molecule has 0 bridgehead atoms. The molecular formula is C29H36FN3O3Si. The molecule has 0 radical (unpaired) electrons. The Morgan fingerprint density at radius 2 is 1.89 bits per heavy atom. The van der Waals surface area contributed by atoms with Crippen LogP contribution in [0.4, 0.5) is 10.1 Å². The molecule has 0 unspecified atom stereocenters. The second kappa shape index (κ2) is 10.3. The molecule has 2 aromatic carbocycles. The number of carbonyl (C=O) groups is 2. The van der Waals surface area contributed by atoms with Crippen LogP contribution in [0.2, 0.25) is 18.1 Å². The van der Waals surface area contributed by atoms with Crippen LogP contribution in [0.15, 0.2) is 60.4 Å². The van der Waals surface area contributed by atoms with E-state index in [4.69, 9.17) is 4.43 Å². The normalized spacial score (nSPS) is 16.5. The van der Waals surface area contributed by atoms with Gasteiger partial charge in [0.2, 0.25) is 5.91 Å². The number of benzene rings is 2. The Morgan fingerprint density at radius 1 is 1.19 bits per heavy atom. The van der Waals surface area contributed by atoms with Crippen molar-refractivity contribution in [2.24, 2.45) is 0 Å². The summed E-state index contributed by atoms with van der Waals surface area (Å²) >= 11 is 0. The molecule has 0 fully saturated rings. The molecule has 8 heteroatoms. The van der Waals surface area contributed by atoms with Crippen LogP contribution in [0.3, 0.4) is 0 Å². The van der Waals surface area contributed by atoms with E-state index >= 15 is 0 Å². The summed E-state index contributed by atoms with van der Waals surface area (Å²) in [7, 11) is -1.84. The van der Waals surface area contributed by atoms with Gasteiger partial charge in [0, 0.05) is 42.5 Å². The zero-order valence-electron chi connectivity index (χ0n) is 22.4. The highest BCUT2D eigenvalue weighted by atomic mass is 28.4. The Hall–Kier alpha value is -3.23. The quantitative estimate of drug-likeness (QED) is 0.362. The smallest absolute Gasteiger partial charge is 0.253 e. The molecule has 0 spiro atoms. The zero-order chi connectivity index (χ0) is 27.0. The van der Waals surface area contributed by atoms with E-state index in [1.165, 1.54) is 18.3 Å². The molecule has 196 valence electrons. The van der Waals surface area contributed by atoms with Crippen LogP contribution in [0.25, 0.3) is 10.9 Å². The molecule has 1 aliphatic rings. The van der Waals surface area contributed by atoms with Crippen molar-refractivity contribution in [2.45, 2.75) is 64.7 Å². The highest BCUT2D eigenvalue weighted by molar-refractivity contribution is 6.74. The number of rotatable bonds is 7. The Labute approximate surface area is 219 Å². The summed E-state index contributed by atoms with van der Waals surface area (Å²) < 4.78 is 22.0. The predicted octanol–water partition coefficient (Wildman–Crippen LogP) is 6.24. The number of aryl methyl sites for hydroxylation is 1. The maximum Gasteiger partial charge on any atom is 0.253 e. The number of amides is 2. The van der Waals surface area contributed by atoms with Gasteiger partial charge in [0.05, 0.1) is 12.1 Å². The standard InChI is InChI=1S/C29H36FN3O3Si/c1-19-15-21-11-12-33(13-14-36-37(5,6)29(2,3)4)26(21)17-25(19)32-28(35)24-18-31-27(34)16-23(24)20-7-9-22(30)10-8-20/h7-12,15,17-18,23H,13-14,16H2,1-6H3,(H,31,34)(H,32,35)/t23-/m0/s1. The molecule has 6 nitrogen and oxygen atoms in total. The average molecular weight is 522 g/mol. The van der Waals surface area contributed by atoms with Gasteiger partial charge >= 0.3 is 0 Å². The number of carbonyl (C=O) groups excluding carboxylic acids is 2. The van der Waals surface area contributed by atoms with E-state index in [1.807, 2.05) is 13.0 Å². The molecule has 1 atom stereocenters. The SMILES string of the molecule is Cc1cc2ccn(CCO[Si](C)(C)C(C)(C)C)c2cc1NC(=O)C1=CNC(=O)C[C@H]1c1ccc(F)cc1. The Balaban J connectivity index is 1.54. The van der Waals surface area contributed by atoms with Crippen molar-refractivity contribution in [1.82, 2.24) is 9.88 Å². The second-order valence-electron chi connectivity index (χ2n) is 11.3. The number of fused-ring (bicyclic) bond motifs is 1. The van der Waals surface area contributed by atoms with Gasteiger partial charge in [0.1, 0.15) is 5.82 Å². The largest absolute Gasteiger partial charge is 0.415 e. The lowest BCUT2D eigenvalue weighted by molar-refractivity contribution is -0.121. The molecule has 0 saturated carbocycles. The maximum atomic E-state index is 13.5. The maximum absolute atomic E-state index is 13.5. The molecule has 3 aromatic rings. The Morgan fingerprint density at radius 3 is 2.57 bits per heavy atom. The third kappa shape index (κ3) is 5.86. The van der Waals surface area contributed by atoms with Gasteiger partial charge in [0.25, 0.3) is 5.91 Å². The number of hydrogen-bond donors (Lipinski definition) is 2. The van der Waals surface area contributed by atoms with Crippen LogP contribution >= 0.6 is 0 Å². The molecule has 1 aliphatic heterocycles. The van der Waals surface area contributed by atoms with Crippen LogP contribution in [0, 0.1) is 12.7 Å². The third-order valence-electron chi connectivity index (χ3n) is 7.65. The lowest BCUT2D eigenvalue weighted by Gasteiger charge is -2.36. The van der Waals surface area contributed by atoms with Crippen LogP contribution in [-0.4, -0.2) is 31.3 Å². The van der Waals surface area contributed by atoms with Crippen molar-refractivity contribution in [2.75, 3.05) is 11.9 Å². The van der Waals surface area contributed by atoms with E-state index in [0.29, 0.717) is 17.9 Å². The molecule has 0 aliphatic carbocycles. The van der Waals surface area contributed by atoms with Crippen molar-refractivity contribution in [3.63, 3.8) is 0 Å². The van der Waals surface area contributed by atoms with Gasteiger partial charge in [-0.2, -0.15) is 0 Å². The first-order valence-corrected chi connectivity index (χ1v) is 15.6. The molecule has 1 aromatic heterocycles. The van der Waals surface area contributed by atoms with Crippen molar-refractivity contribution in [3.8, 4) is 0 Å². The number of halogens is 1. The Kier molecular flexibility index (Phi) is 7.44. The first-order chi connectivity index (χ1) is 17.4. The molecule has 4 rings (SSSR count).